The Morgan fingerprint density at radius 3 is 2.55 bits per heavy atom. The van der Waals surface area contributed by atoms with Crippen LogP contribution in [0.2, 0.25) is 0 Å². The highest BCUT2D eigenvalue weighted by Gasteiger charge is 2.30. The van der Waals surface area contributed by atoms with Gasteiger partial charge in [0.15, 0.2) is 0 Å². The van der Waals surface area contributed by atoms with Crippen LogP contribution in [0.15, 0.2) is 0 Å². The molecule has 2 atom stereocenters. The molecule has 0 N–H and O–H groups in total. The van der Waals surface area contributed by atoms with E-state index in [1.54, 1.807) is 11.8 Å². The Balaban J connectivity index is 2.63. The summed E-state index contributed by atoms with van der Waals surface area (Å²) in [4.78, 5) is 27.7. The van der Waals surface area contributed by atoms with Gasteiger partial charge in [-0.15, -0.1) is 0 Å². The smallest absolute Gasteiger partial charge is 0.310 e. The van der Waals surface area contributed by atoms with Crippen LogP contribution in [0.5, 0.6) is 0 Å². The average molecular weight is 286 g/mol. The number of likely N-dealkylation sites (N-methyl/N-ethyl adjacent to an activating group) is 1. The Labute approximate surface area is 121 Å². The molecule has 0 aromatic carbocycles. The van der Waals surface area contributed by atoms with Gasteiger partial charge in [-0.3, -0.25) is 9.59 Å². The third kappa shape index (κ3) is 5.09. The van der Waals surface area contributed by atoms with E-state index in [0.29, 0.717) is 19.7 Å². The molecule has 116 valence electrons. The molecule has 6 heteroatoms. The zero-order valence-electron chi connectivity index (χ0n) is 12.9. The van der Waals surface area contributed by atoms with Crippen molar-refractivity contribution in [2.75, 3.05) is 47.4 Å². The molecule has 1 aliphatic rings. The van der Waals surface area contributed by atoms with Gasteiger partial charge in [0.2, 0.25) is 0 Å². The van der Waals surface area contributed by atoms with Crippen LogP contribution in [0.1, 0.15) is 19.8 Å². The van der Waals surface area contributed by atoms with Crippen LogP contribution in [0.3, 0.4) is 0 Å². The maximum atomic E-state index is 12.4. The number of ether oxygens (including phenoxy) is 2. The van der Waals surface area contributed by atoms with Crippen molar-refractivity contribution < 1.29 is 19.1 Å². The number of hydrogen-bond donors (Lipinski definition) is 0. The molecular weight excluding hydrogens is 260 g/mol. The van der Waals surface area contributed by atoms with E-state index in [9.17, 15) is 9.59 Å². The fourth-order valence-corrected chi connectivity index (χ4v) is 2.19. The van der Waals surface area contributed by atoms with Gasteiger partial charge in [0.25, 0.3) is 5.91 Å². The van der Waals surface area contributed by atoms with E-state index in [1.165, 1.54) is 7.11 Å². The fourth-order valence-electron chi connectivity index (χ4n) is 2.19. The van der Waals surface area contributed by atoms with E-state index in [2.05, 4.69) is 0 Å². The fraction of sp³-hybridized carbons (Fsp3) is 0.857. The topological polar surface area (TPSA) is 59.1 Å². The zero-order valence-corrected chi connectivity index (χ0v) is 12.9. The molecular formula is C14H26N2O4. The van der Waals surface area contributed by atoms with Crippen LogP contribution in [0.25, 0.3) is 0 Å². The minimum atomic E-state index is -0.345. The molecule has 20 heavy (non-hydrogen) atoms. The van der Waals surface area contributed by atoms with Gasteiger partial charge in [0.05, 0.1) is 13.0 Å². The molecule has 0 aliphatic carbocycles. The van der Waals surface area contributed by atoms with Crippen molar-refractivity contribution in [3.05, 3.63) is 0 Å². The number of methoxy groups -OCH3 is 1. The number of carbonyl (C=O) groups is 2. The van der Waals surface area contributed by atoms with Crippen molar-refractivity contribution >= 4 is 11.9 Å². The third-order valence-corrected chi connectivity index (χ3v) is 3.43. The second kappa shape index (κ2) is 8.21. The Bertz CT molecular complexity index is 327. The number of carbonyl (C=O) groups excluding carboxylic acids is 2. The van der Waals surface area contributed by atoms with Crippen LogP contribution >= 0.6 is 0 Å². The second-order valence-electron chi connectivity index (χ2n) is 5.51. The number of nitrogens with zero attached hydrogens (tertiary/aromatic N) is 2. The van der Waals surface area contributed by atoms with Gasteiger partial charge in [-0.25, -0.2) is 0 Å². The van der Waals surface area contributed by atoms with Crippen molar-refractivity contribution in [3.8, 4) is 0 Å². The first-order chi connectivity index (χ1) is 9.45. The Morgan fingerprint density at radius 2 is 2.05 bits per heavy atom. The van der Waals surface area contributed by atoms with Gasteiger partial charge >= 0.3 is 5.97 Å². The molecule has 0 bridgehead atoms. The highest BCUT2D eigenvalue weighted by atomic mass is 16.5. The summed E-state index contributed by atoms with van der Waals surface area (Å²) in [6.07, 6.45) is 1.34. The maximum Gasteiger partial charge on any atom is 0.310 e. The van der Waals surface area contributed by atoms with E-state index >= 15 is 0 Å². The van der Waals surface area contributed by atoms with Crippen molar-refractivity contribution in [1.29, 1.82) is 0 Å². The summed E-state index contributed by atoms with van der Waals surface area (Å²) in [5.74, 6) is -0.632. The Hall–Kier alpha value is -1.14. The monoisotopic (exact) mass is 286 g/mol. The summed E-state index contributed by atoms with van der Waals surface area (Å²) < 4.78 is 10.2. The standard InChI is InChI=1S/C14H26N2O4/c1-11(14(18)19-4)10-16(8-7-15(2)3)13(17)12-6-5-9-20-12/h11-12H,5-10H2,1-4H3. The van der Waals surface area contributed by atoms with Crippen molar-refractivity contribution in [1.82, 2.24) is 9.80 Å². The largest absolute Gasteiger partial charge is 0.469 e. The van der Waals surface area contributed by atoms with Gasteiger partial charge in [0.1, 0.15) is 6.10 Å². The SMILES string of the molecule is COC(=O)C(C)CN(CCN(C)C)C(=O)C1CCCO1. The molecule has 1 rings (SSSR count). The van der Waals surface area contributed by atoms with Gasteiger partial charge in [-0.05, 0) is 26.9 Å². The summed E-state index contributed by atoms with van der Waals surface area (Å²) in [6.45, 7) is 4.14. The molecule has 0 spiro atoms. The lowest BCUT2D eigenvalue weighted by molar-refractivity contribution is -0.148. The van der Waals surface area contributed by atoms with Crippen molar-refractivity contribution in [2.24, 2.45) is 5.92 Å². The average Bonchev–Trinajstić information content (AvgIpc) is 2.95. The molecule has 0 aromatic heterocycles. The lowest BCUT2D eigenvalue weighted by atomic mass is 10.1. The third-order valence-electron chi connectivity index (χ3n) is 3.43. The summed E-state index contributed by atoms with van der Waals surface area (Å²) in [7, 11) is 5.28. The summed E-state index contributed by atoms with van der Waals surface area (Å²) >= 11 is 0. The normalized spacial score (nSPS) is 19.9. The summed E-state index contributed by atoms with van der Waals surface area (Å²) in [5.41, 5.74) is 0. The molecule has 0 saturated carbocycles. The Kier molecular flexibility index (Phi) is 6.95. The molecule has 1 fully saturated rings. The van der Waals surface area contributed by atoms with E-state index in [4.69, 9.17) is 9.47 Å². The first-order valence-corrected chi connectivity index (χ1v) is 7.08. The van der Waals surface area contributed by atoms with E-state index in [1.807, 2.05) is 19.0 Å². The summed E-state index contributed by atoms with van der Waals surface area (Å²) in [5, 5.41) is 0. The van der Waals surface area contributed by atoms with Crippen LogP contribution in [0, 0.1) is 5.92 Å². The molecule has 1 saturated heterocycles. The summed E-state index contributed by atoms with van der Waals surface area (Å²) in [6, 6.07) is 0. The van der Waals surface area contributed by atoms with Crippen LogP contribution in [0.4, 0.5) is 0 Å². The molecule has 0 radical (unpaired) electrons. The van der Waals surface area contributed by atoms with Crippen molar-refractivity contribution in [3.63, 3.8) is 0 Å². The van der Waals surface area contributed by atoms with E-state index in [-0.39, 0.29) is 23.9 Å². The quantitative estimate of drug-likeness (QED) is 0.633. The first kappa shape index (κ1) is 16.9. The number of hydrogen-bond acceptors (Lipinski definition) is 5. The Morgan fingerprint density at radius 1 is 1.35 bits per heavy atom. The molecule has 0 aromatic rings. The van der Waals surface area contributed by atoms with E-state index < -0.39 is 0 Å². The molecule has 1 aliphatic heterocycles. The van der Waals surface area contributed by atoms with Crippen LogP contribution in [-0.4, -0.2) is 75.2 Å². The van der Waals surface area contributed by atoms with Gasteiger partial charge in [-0.2, -0.15) is 0 Å². The van der Waals surface area contributed by atoms with Crippen molar-refractivity contribution in [2.45, 2.75) is 25.9 Å². The zero-order chi connectivity index (χ0) is 15.1. The van der Waals surface area contributed by atoms with Gasteiger partial charge in [0, 0.05) is 26.2 Å². The lowest BCUT2D eigenvalue weighted by Crippen LogP contribution is -2.45. The van der Waals surface area contributed by atoms with Gasteiger partial charge < -0.3 is 19.3 Å². The van der Waals surface area contributed by atoms with Crippen LogP contribution < -0.4 is 0 Å². The first-order valence-electron chi connectivity index (χ1n) is 7.08. The van der Waals surface area contributed by atoms with Crippen LogP contribution in [-0.2, 0) is 19.1 Å². The predicted octanol–water partition coefficient (Wildman–Crippen LogP) is 0.365. The van der Waals surface area contributed by atoms with Gasteiger partial charge in [-0.1, -0.05) is 6.92 Å². The second-order valence-corrected chi connectivity index (χ2v) is 5.51. The molecule has 1 heterocycles. The lowest BCUT2D eigenvalue weighted by Gasteiger charge is -2.28. The predicted molar refractivity (Wildman–Crippen MR) is 75.3 cm³/mol. The maximum absolute atomic E-state index is 12.4. The number of amides is 1. The molecule has 1 amide bonds. The van der Waals surface area contributed by atoms with E-state index in [0.717, 1.165) is 19.4 Å². The number of esters is 1. The minimum Gasteiger partial charge on any atom is -0.469 e. The molecule has 6 nitrogen and oxygen atoms in total. The molecule has 2 unspecified atom stereocenters. The number of rotatable bonds is 7. The highest BCUT2D eigenvalue weighted by Crippen LogP contribution is 2.16. The minimum absolute atomic E-state index is 0.0138. The highest BCUT2D eigenvalue weighted by molar-refractivity contribution is 5.82.